The number of benzene rings is 1. The van der Waals surface area contributed by atoms with E-state index in [4.69, 9.17) is 10.2 Å². The quantitative estimate of drug-likeness (QED) is 0.802. The molecule has 2 N–H and O–H groups in total. The Kier molecular flexibility index (Phi) is 3.65. The van der Waals surface area contributed by atoms with E-state index in [-0.39, 0.29) is 17.5 Å². The lowest BCUT2D eigenvalue weighted by molar-refractivity contribution is -0.137. The van der Waals surface area contributed by atoms with Crippen LogP contribution in [0.1, 0.15) is 49.5 Å². The fourth-order valence-corrected chi connectivity index (χ4v) is 2.92. The Bertz CT molecular complexity index is 635. The molecule has 1 aliphatic rings. The van der Waals surface area contributed by atoms with Crippen LogP contribution in [0.2, 0.25) is 0 Å². The van der Waals surface area contributed by atoms with Crippen molar-refractivity contribution >= 4 is 11.1 Å². The molecule has 0 saturated heterocycles. The second-order valence-corrected chi connectivity index (χ2v) is 5.64. The van der Waals surface area contributed by atoms with Gasteiger partial charge in [0.05, 0.1) is 11.5 Å². The zero-order valence-corrected chi connectivity index (χ0v) is 11.5. The minimum atomic E-state index is -4.37. The van der Waals surface area contributed by atoms with E-state index in [0.29, 0.717) is 11.5 Å². The van der Waals surface area contributed by atoms with Gasteiger partial charge in [-0.25, -0.2) is 4.98 Å². The Hall–Kier alpha value is -1.56. The molecular weight excluding hydrogens is 281 g/mol. The van der Waals surface area contributed by atoms with Gasteiger partial charge >= 0.3 is 6.18 Å². The Balaban J connectivity index is 1.96. The number of nitrogens with zero attached hydrogens (tertiary/aromatic N) is 1. The molecule has 114 valence electrons. The maximum atomic E-state index is 12.7. The summed E-state index contributed by atoms with van der Waals surface area (Å²) in [6, 6.07) is 3.34. The molecule has 0 radical (unpaired) electrons. The molecule has 1 aromatic carbocycles. The van der Waals surface area contributed by atoms with Crippen LogP contribution >= 0.6 is 0 Å². The van der Waals surface area contributed by atoms with Crippen molar-refractivity contribution < 1.29 is 17.6 Å². The minimum Gasteiger partial charge on any atom is -0.440 e. The zero-order chi connectivity index (χ0) is 15.0. The van der Waals surface area contributed by atoms with Crippen molar-refractivity contribution in [3.05, 3.63) is 29.7 Å². The molecule has 6 heteroatoms. The van der Waals surface area contributed by atoms with Crippen LogP contribution in [-0.2, 0) is 6.18 Å². The zero-order valence-electron chi connectivity index (χ0n) is 11.5. The summed E-state index contributed by atoms with van der Waals surface area (Å²) in [5, 5.41) is 0. The van der Waals surface area contributed by atoms with Gasteiger partial charge in [0, 0.05) is 6.04 Å². The first-order valence-corrected chi connectivity index (χ1v) is 7.18. The van der Waals surface area contributed by atoms with Gasteiger partial charge in [0.2, 0.25) is 0 Å². The van der Waals surface area contributed by atoms with Crippen LogP contribution in [0.15, 0.2) is 22.6 Å². The Morgan fingerprint density at radius 3 is 2.67 bits per heavy atom. The van der Waals surface area contributed by atoms with E-state index < -0.39 is 11.7 Å². The van der Waals surface area contributed by atoms with Crippen molar-refractivity contribution in [3.63, 3.8) is 0 Å². The summed E-state index contributed by atoms with van der Waals surface area (Å²) < 4.78 is 43.8. The summed E-state index contributed by atoms with van der Waals surface area (Å²) in [6.45, 7) is 0. The SMILES string of the molecule is NC1CCCCCC1c1nc2cc(C(F)(F)F)ccc2o1. The van der Waals surface area contributed by atoms with Gasteiger partial charge in [0.1, 0.15) is 5.52 Å². The second-order valence-electron chi connectivity index (χ2n) is 5.64. The predicted octanol–water partition coefficient (Wildman–Crippen LogP) is 4.22. The van der Waals surface area contributed by atoms with Crippen molar-refractivity contribution in [2.24, 2.45) is 5.73 Å². The largest absolute Gasteiger partial charge is 0.440 e. The molecule has 1 heterocycles. The number of fused-ring (bicyclic) bond motifs is 1. The number of hydrogen-bond donors (Lipinski definition) is 1. The third-order valence-electron chi connectivity index (χ3n) is 4.12. The smallest absolute Gasteiger partial charge is 0.416 e. The molecule has 3 nitrogen and oxygen atoms in total. The van der Waals surface area contributed by atoms with E-state index in [1.54, 1.807) is 0 Å². The maximum absolute atomic E-state index is 12.7. The Morgan fingerprint density at radius 1 is 1.14 bits per heavy atom. The molecule has 1 aliphatic carbocycles. The van der Waals surface area contributed by atoms with Crippen molar-refractivity contribution in [3.8, 4) is 0 Å². The van der Waals surface area contributed by atoms with Gasteiger partial charge in [-0.3, -0.25) is 0 Å². The highest BCUT2D eigenvalue weighted by Crippen LogP contribution is 2.35. The third-order valence-corrected chi connectivity index (χ3v) is 4.12. The molecule has 0 spiro atoms. The number of alkyl halides is 3. The fraction of sp³-hybridized carbons (Fsp3) is 0.533. The average molecular weight is 298 g/mol. The molecule has 2 unspecified atom stereocenters. The molecule has 0 aliphatic heterocycles. The molecular formula is C15H17F3N2O. The van der Waals surface area contributed by atoms with E-state index in [9.17, 15) is 13.2 Å². The van der Waals surface area contributed by atoms with Gasteiger partial charge in [0.25, 0.3) is 0 Å². The van der Waals surface area contributed by atoms with Crippen molar-refractivity contribution in [1.82, 2.24) is 4.98 Å². The minimum absolute atomic E-state index is 0.00534. The number of aromatic nitrogens is 1. The molecule has 1 fully saturated rings. The number of halogens is 3. The molecule has 3 rings (SSSR count). The van der Waals surface area contributed by atoms with Crippen LogP contribution in [0.4, 0.5) is 13.2 Å². The van der Waals surface area contributed by atoms with Gasteiger partial charge in [-0.1, -0.05) is 19.3 Å². The normalized spacial score (nSPS) is 24.2. The van der Waals surface area contributed by atoms with E-state index in [1.807, 2.05) is 0 Å². The molecule has 0 amide bonds. The number of oxazole rings is 1. The topological polar surface area (TPSA) is 52.0 Å². The van der Waals surface area contributed by atoms with Crippen LogP contribution < -0.4 is 5.73 Å². The summed E-state index contributed by atoms with van der Waals surface area (Å²) in [5.74, 6) is 0.466. The highest BCUT2D eigenvalue weighted by atomic mass is 19.4. The monoisotopic (exact) mass is 298 g/mol. The van der Waals surface area contributed by atoms with Crippen molar-refractivity contribution in [2.75, 3.05) is 0 Å². The first-order chi connectivity index (χ1) is 9.95. The van der Waals surface area contributed by atoms with Crippen LogP contribution in [0.25, 0.3) is 11.1 Å². The second kappa shape index (κ2) is 5.33. The number of rotatable bonds is 1. The van der Waals surface area contributed by atoms with Crippen molar-refractivity contribution in [2.45, 2.75) is 50.2 Å². The highest BCUT2D eigenvalue weighted by molar-refractivity contribution is 5.73. The average Bonchev–Trinajstić information content (AvgIpc) is 2.72. The highest BCUT2D eigenvalue weighted by Gasteiger charge is 2.32. The molecule has 2 aromatic rings. The Morgan fingerprint density at radius 2 is 1.90 bits per heavy atom. The number of nitrogens with two attached hydrogens (primary N) is 1. The molecule has 0 bridgehead atoms. The standard InChI is InChI=1S/C15H17F3N2O/c16-15(17,18)9-6-7-13-12(8-9)20-14(21-13)10-4-2-1-3-5-11(10)19/h6-8,10-11H,1-5,19H2. The fourth-order valence-electron chi connectivity index (χ4n) is 2.92. The van der Waals surface area contributed by atoms with Crippen molar-refractivity contribution in [1.29, 1.82) is 0 Å². The molecule has 1 aromatic heterocycles. The van der Waals surface area contributed by atoms with Crippen LogP contribution in [-0.4, -0.2) is 11.0 Å². The molecule has 1 saturated carbocycles. The third kappa shape index (κ3) is 2.90. The van der Waals surface area contributed by atoms with E-state index in [0.717, 1.165) is 44.2 Å². The predicted molar refractivity (Wildman–Crippen MR) is 72.8 cm³/mol. The molecule has 2 atom stereocenters. The van der Waals surface area contributed by atoms with Gasteiger partial charge in [0.15, 0.2) is 11.5 Å². The van der Waals surface area contributed by atoms with E-state index >= 15 is 0 Å². The van der Waals surface area contributed by atoms with Crippen LogP contribution in [0.5, 0.6) is 0 Å². The first kappa shape index (κ1) is 14.4. The number of hydrogen-bond acceptors (Lipinski definition) is 3. The van der Waals surface area contributed by atoms with Gasteiger partial charge in [-0.2, -0.15) is 13.2 Å². The summed E-state index contributed by atoms with van der Waals surface area (Å²) in [6.07, 6.45) is 0.660. The lowest BCUT2D eigenvalue weighted by Crippen LogP contribution is -2.27. The summed E-state index contributed by atoms with van der Waals surface area (Å²) in [7, 11) is 0. The van der Waals surface area contributed by atoms with E-state index in [1.165, 1.54) is 6.07 Å². The van der Waals surface area contributed by atoms with Crippen LogP contribution in [0, 0.1) is 0 Å². The maximum Gasteiger partial charge on any atom is 0.416 e. The summed E-state index contributed by atoms with van der Waals surface area (Å²) in [5.41, 5.74) is 6.07. The lowest BCUT2D eigenvalue weighted by atomic mass is 9.95. The summed E-state index contributed by atoms with van der Waals surface area (Å²) >= 11 is 0. The first-order valence-electron chi connectivity index (χ1n) is 7.18. The van der Waals surface area contributed by atoms with Gasteiger partial charge in [-0.05, 0) is 31.0 Å². The molecule has 21 heavy (non-hydrogen) atoms. The lowest BCUT2D eigenvalue weighted by Gasteiger charge is -2.17. The summed E-state index contributed by atoms with van der Waals surface area (Å²) in [4.78, 5) is 4.26. The Labute approximate surface area is 120 Å². The van der Waals surface area contributed by atoms with Gasteiger partial charge < -0.3 is 10.2 Å². The van der Waals surface area contributed by atoms with Gasteiger partial charge in [-0.15, -0.1) is 0 Å². The van der Waals surface area contributed by atoms with E-state index in [2.05, 4.69) is 4.98 Å². The van der Waals surface area contributed by atoms with Crippen LogP contribution in [0.3, 0.4) is 0 Å².